The summed E-state index contributed by atoms with van der Waals surface area (Å²) in [6.07, 6.45) is 2.02. The lowest BCUT2D eigenvalue weighted by Gasteiger charge is -2.18. The van der Waals surface area contributed by atoms with Gasteiger partial charge in [0.25, 0.3) is 0 Å². The third-order valence-corrected chi connectivity index (χ3v) is 4.36. The highest BCUT2D eigenvalue weighted by Gasteiger charge is 2.35. The molecule has 0 N–H and O–H groups in total. The summed E-state index contributed by atoms with van der Waals surface area (Å²) in [6, 6.07) is 0.267. The summed E-state index contributed by atoms with van der Waals surface area (Å²) >= 11 is 5.41. The molecule has 1 saturated carbocycles. The molecular formula is C7H14ClNO2S. The number of sulfonamides is 1. The van der Waals surface area contributed by atoms with Gasteiger partial charge in [0.05, 0.1) is 5.75 Å². The molecule has 3 nitrogen and oxygen atoms in total. The minimum Gasteiger partial charge on any atom is -0.212 e. The Morgan fingerprint density at radius 1 is 1.50 bits per heavy atom. The Balaban J connectivity index is 2.62. The van der Waals surface area contributed by atoms with Crippen molar-refractivity contribution in [1.82, 2.24) is 4.31 Å². The molecule has 0 aromatic heterocycles. The Hall–Kier alpha value is 0.200. The first-order chi connectivity index (χ1) is 5.61. The molecule has 0 aliphatic heterocycles. The van der Waals surface area contributed by atoms with Crippen molar-refractivity contribution in [3.05, 3.63) is 0 Å². The lowest BCUT2D eigenvalue weighted by atomic mass is 10.6. The van der Waals surface area contributed by atoms with E-state index in [1.54, 1.807) is 4.31 Å². The van der Waals surface area contributed by atoms with Crippen LogP contribution in [0, 0.1) is 0 Å². The van der Waals surface area contributed by atoms with Gasteiger partial charge in [0.1, 0.15) is 0 Å². The maximum atomic E-state index is 11.5. The fourth-order valence-corrected chi connectivity index (χ4v) is 3.33. The highest BCUT2D eigenvalue weighted by Crippen LogP contribution is 2.28. The molecule has 1 aliphatic carbocycles. The number of hydrogen-bond donors (Lipinski definition) is 0. The van der Waals surface area contributed by atoms with Crippen LogP contribution in [0.25, 0.3) is 0 Å². The summed E-state index contributed by atoms with van der Waals surface area (Å²) in [4.78, 5) is 0. The van der Waals surface area contributed by atoms with Gasteiger partial charge < -0.3 is 0 Å². The highest BCUT2D eigenvalue weighted by molar-refractivity contribution is 7.89. The van der Waals surface area contributed by atoms with Gasteiger partial charge in [-0.1, -0.05) is 6.92 Å². The van der Waals surface area contributed by atoms with Gasteiger partial charge in [-0.3, -0.25) is 0 Å². The zero-order valence-electron chi connectivity index (χ0n) is 7.16. The summed E-state index contributed by atoms with van der Waals surface area (Å²) < 4.78 is 24.5. The van der Waals surface area contributed by atoms with E-state index in [1.165, 1.54) is 0 Å². The molecule has 0 unspecified atom stereocenters. The number of rotatable bonds is 5. The highest BCUT2D eigenvalue weighted by atomic mass is 35.5. The van der Waals surface area contributed by atoms with Crippen LogP contribution in [-0.2, 0) is 10.0 Å². The topological polar surface area (TPSA) is 37.4 Å². The van der Waals surface area contributed by atoms with Crippen LogP contribution < -0.4 is 0 Å². The predicted octanol–water partition coefficient (Wildman–Crippen LogP) is 1.04. The van der Waals surface area contributed by atoms with Crippen molar-refractivity contribution in [3.63, 3.8) is 0 Å². The Morgan fingerprint density at radius 2 is 2.08 bits per heavy atom. The maximum Gasteiger partial charge on any atom is 0.215 e. The summed E-state index contributed by atoms with van der Waals surface area (Å²) in [7, 11) is -3.06. The van der Waals surface area contributed by atoms with Crippen LogP contribution in [0.3, 0.4) is 0 Å². The molecule has 72 valence electrons. The SMILES string of the molecule is CCN(C1CC1)S(=O)(=O)CCCl. The zero-order chi connectivity index (χ0) is 9.19. The molecule has 0 heterocycles. The quantitative estimate of drug-likeness (QED) is 0.638. The molecule has 0 radical (unpaired) electrons. The lowest BCUT2D eigenvalue weighted by Crippen LogP contribution is -2.35. The molecule has 5 heteroatoms. The van der Waals surface area contributed by atoms with Crippen LogP contribution in [0.4, 0.5) is 0 Å². The molecule has 0 amide bonds. The minimum absolute atomic E-state index is 0.0683. The zero-order valence-corrected chi connectivity index (χ0v) is 8.74. The van der Waals surface area contributed by atoms with Crippen molar-refractivity contribution >= 4 is 21.6 Å². The Morgan fingerprint density at radius 3 is 2.42 bits per heavy atom. The average molecular weight is 212 g/mol. The summed E-state index contributed by atoms with van der Waals surface area (Å²) in [6.45, 7) is 2.44. The van der Waals surface area contributed by atoms with E-state index >= 15 is 0 Å². The van der Waals surface area contributed by atoms with Crippen LogP contribution in [-0.4, -0.2) is 36.9 Å². The molecule has 0 spiro atoms. The van der Waals surface area contributed by atoms with Crippen LogP contribution >= 0.6 is 11.6 Å². The van der Waals surface area contributed by atoms with Crippen LogP contribution in [0.15, 0.2) is 0 Å². The van der Waals surface area contributed by atoms with Gasteiger partial charge in [0, 0.05) is 18.5 Å². The number of halogens is 1. The number of alkyl halides is 1. The van der Waals surface area contributed by atoms with Gasteiger partial charge >= 0.3 is 0 Å². The van der Waals surface area contributed by atoms with Crippen molar-refractivity contribution in [2.75, 3.05) is 18.2 Å². The van der Waals surface area contributed by atoms with Gasteiger partial charge in [-0.25, -0.2) is 8.42 Å². The van der Waals surface area contributed by atoms with E-state index in [0.29, 0.717) is 6.54 Å². The minimum atomic E-state index is -3.06. The lowest BCUT2D eigenvalue weighted by molar-refractivity contribution is 0.422. The molecule has 0 aromatic rings. The molecule has 1 aliphatic rings. The number of hydrogen-bond acceptors (Lipinski definition) is 2. The Bertz CT molecular complexity index is 236. The second kappa shape index (κ2) is 3.94. The molecule has 0 bridgehead atoms. The maximum absolute atomic E-state index is 11.5. The summed E-state index contributed by atoms with van der Waals surface area (Å²) in [5, 5.41) is 0. The molecule has 0 saturated heterocycles. The van der Waals surface area contributed by atoms with E-state index in [2.05, 4.69) is 0 Å². The standard InChI is InChI=1S/C7H14ClNO2S/c1-2-9(7-3-4-7)12(10,11)6-5-8/h7H,2-6H2,1H3. The summed E-state index contributed by atoms with van der Waals surface area (Å²) in [5.41, 5.74) is 0. The van der Waals surface area contributed by atoms with Gasteiger partial charge in [-0.2, -0.15) is 4.31 Å². The van der Waals surface area contributed by atoms with Gasteiger partial charge in [-0.05, 0) is 12.8 Å². The van der Waals surface area contributed by atoms with Crippen molar-refractivity contribution in [2.45, 2.75) is 25.8 Å². The van der Waals surface area contributed by atoms with Crippen molar-refractivity contribution in [1.29, 1.82) is 0 Å². The van der Waals surface area contributed by atoms with Gasteiger partial charge in [0.2, 0.25) is 10.0 Å². The van der Waals surface area contributed by atoms with Crippen LogP contribution in [0.1, 0.15) is 19.8 Å². The Labute approximate surface area is 78.7 Å². The normalized spacial score (nSPS) is 18.6. The average Bonchev–Trinajstić information content (AvgIpc) is 2.71. The molecule has 12 heavy (non-hydrogen) atoms. The fraction of sp³-hybridized carbons (Fsp3) is 1.00. The molecule has 1 rings (SSSR count). The van der Waals surface area contributed by atoms with E-state index in [0.717, 1.165) is 12.8 Å². The third kappa shape index (κ3) is 2.34. The predicted molar refractivity (Wildman–Crippen MR) is 49.9 cm³/mol. The number of nitrogens with zero attached hydrogens (tertiary/aromatic N) is 1. The van der Waals surface area contributed by atoms with E-state index in [1.807, 2.05) is 6.92 Å². The fourth-order valence-electron chi connectivity index (χ4n) is 1.26. The first kappa shape index (κ1) is 10.3. The van der Waals surface area contributed by atoms with Crippen LogP contribution in [0.5, 0.6) is 0 Å². The van der Waals surface area contributed by atoms with E-state index in [-0.39, 0.29) is 17.7 Å². The first-order valence-electron chi connectivity index (χ1n) is 4.17. The van der Waals surface area contributed by atoms with Crippen LogP contribution in [0.2, 0.25) is 0 Å². The van der Waals surface area contributed by atoms with Crippen molar-refractivity contribution < 1.29 is 8.42 Å². The largest absolute Gasteiger partial charge is 0.215 e. The van der Waals surface area contributed by atoms with E-state index < -0.39 is 10.0 Å². The van der Waals surface area contributed by atoms with Gasteiger partial charge in [0.15, 0.2) is 0 Å². The second-order valence-corrected chi connectivity index (χ2v) is 5.36. The second-order valence-electron chi connectivity index (χ2n) is 2.94. The molecule has 1 fully saturated rings. The van der Waals surface area contributed by atoms with Gasteiger partial charge in [-0.15, -0.1) is 11.6 Å². The van der Waals surface area contributed by atoms with Crippen molar-refractivity contribution in [2.24, 2.45) is 0 Å². The Kier molecular flexibility index (Phi) is 3.37. The van der Waals surface area contributed by atoms with E-state index in [4.69, 9.17) is 11.6 Å². The van der Waals surface area contributed by atoms with Crippen molar-refractivity contribution in [3.8, 4) is 0 Å². The molecule has 0 atom stereocenters. The van der Waals surface area contributed by atoms with E-state index in [9.17, 15) is 8.42 Å². The summed E-state index contributed by atoms with van der Waals surface area (Å²) in [5.74, 6) is 0.254. The monoisotopic (exact) mass is 211 g/mol. The third-order valence-electron chi connectivity index (χ3n) is 1.96. The molecule has 0 aromatic carbocycles. The first-order valence-corrected chi connectivity index (χ1v) is 6.31. The molecular weight excluding hydrogens is 198 g/mol. The smallest absolute Gasteiger partial charge is 0.212 e.